The van der Waals surface area contributed by atoms with Gasteiger partial charge in [-0.05, 0) is 65.7 Å². The Morgan fingerprint density at radius 2 is 1.02 bits per heavy atom. The second-order valence-corrected chi connectivity index (χ2v) is 17.4. The van der Waals surface area contributed by atoms with Crippen molar-refractivity contribution in [3.05, 3.63) is 200 Å². The molecule has 0 atom stereocenters. The van der Waals surface area contributed by atoms with Crippen LogP contribution in [0.3, 0.4) is 0 Å². The zero-order chi connectivity index (χ0) is 41.9. The first-order valence-electron chi connectivity index (χ1n) is 21.4. The van der Waals surface area contributed by atoms with Gasteiger partial charge in [0.25, 0.3) is 0 Å². The van der Waals surface area contributed by atoms with Crippen molar-refractivity contribution in [2.45, 2.75) is 0 Å². The lowest BCUT2D eigenvalue weighted by atomic mass is 10.0. The van der Waals surface area contributed by atoms with Gasteiger partial charge in [-0.1, -0.05) is 146 Å². The topological polar surface area (TPSA) is 61.7 Å². The smallest absolute Gasteiger partial charge is 0.238 e. The van der Waals surface area contributed by atoms with E-state index in [1.807, 2.05) is 18.2 Å². The lowest BCUT2D eigenvalue weighted by Gasteiger charge is -2.12. The summed E-state index contributed by atoms with van der Waals surface area (Å²) in [6, 6.07) is 70.7. The first kappa shape index (κ1) is 35.2. The summed E-state index contributed by atoms with van der Waals surface area (Å²) < 4.78 is 13.8. The lowest BCUT2D eigenvalue weighted by Crippen LogP contribution is -2.06. The fraction of sp³-hybridized carbons (Fsp3) is 0. The summed E-state index contributed by atoms with van der Waals surface area (Å²) in [5, 5.41) is 9.22. The molecule has 0 spiro atoms. The molecular weight excluding hydrogens is 803 g/mol. The van der Waals surface area contributed by atoms with Gasteiger partial charge >= 0.3 is 0 Å². The van der Waals surface area contributed by atoms with Crippen LogP contribution < -0.4 is 0 Å². The van der Waals surface area contributed by atoms with Gasteiger partial charge in [-0.15, -0.1) is 11.3 Å². The summed E-state index contributed by atoms with van der Waals surface area (Å²) in [6.07, 6.45) is 0. The van der Waals surface area contributed by atoms with E-state index in [2.05, 4.69) is 191 Å². The van der Waals surface area contributed by atoms with E-state index >= 15 is 0 Å². The van der Waals surface area contributed by atoms with Crippen molar-refractivity contribution in [2.75, 3.05) is 0 Å². The van der Waals surface area contributed by atoms with Crippen LogP contribution in [0.2, 0.25) is 0 Å². The number of hydrogen-bond donors (Lipinski definition) is 0. The minimum absolute atomic E-state index is 0.560. The van der Waals surface area contributed by atoms with E-state index in [9.17, 15) is 0 Å². The monoisotopic (exact) mass is 835 g/mol. The van der Waals surface area contributed by atoms with Gasteiger partial charge in [-0.2, -0.15) is 9.97 Å². The zero-order valence-corrected chi connectivity index (χ0v) is 34.9. The molecule has 64 heavy (non-hydrogen) atoms. The van der Waals surface area contributed by atoms with Crippen LogP contribution in [0.4, 0.5) is 0 Å². The van der Waals surface area contributed by atoms with Gasteiger partial charge in [0.1, 0.15) is 11.2 Å². The number of thiophene rings is 1. The van der Waals surface area contributed by atoms with Crippen molar-refractivity contribution < 1.29 is 4.42 Å². The molecule has 7 heteroatoms. The first-order valence-corrected chi connectivity index (χ1v) is 22.3. The maximum atomic E-state index is 6.62. The van der Waals surface area contributed by atoms with Crippen molar-refractivity contribution >= 4 is 97.1 Å². The number of fused-ring (bicyclic) bond motifs is 13. The van der Waals surface area contributed by atoms with Crippen LogP contribution in [-0.4, -0.2) is 24.1 Å². The Hall–Kier alpha value is -8.39. The number of furan rings is 1. The van der Waals surface area contributed by atoms with Crippen molar-refractivity contribution in [3.63, 3.8) is 0 Å². The summed E-state index contributed by atoms with van der Waals surface area (Å²) in [7, 11) is 0. The molecule has 0 amide bonds. The minimum Gasteiger partial charge on any atom is -0.456 e. The standard InChI is InChI=1S/C57H33N5OS/c1-3-14-34(15-4-1)36-27-31-48-43(32-36)52-46(23-13-24-49(52)63-48)61-44-21-10-7-18-38(44)41-29-30-47-53(54(41)61)42-20-8-11-22-45(42)62(47)57-59-55(35-16-5-2-6-17-35)58-56(60-57)37-26-28-40-39-19-9-12-25-50(39)64-51(40)33-37/h1-33H. The number of rotatable bonds is 5. The predicted molar refractivity (Wildman–Crippen MR) is 265 cm³/mol. The van der Waals surface area contributed by atoms with Crippen molar-refractivity contribution in [3.8, 4) is 45.5 Å². The summed E-state index contributed by atoms with van der Waals surface area (Å²) in [5.41, 5.74) is 11.2. The Kier molecular flexibility index (Phi) is 7.46. The third-order valence-corrected chi connectivity index (χ3v) is 13.9. The van der Waals surface area contributed by atoms with Crippen LogP contribution in [0.15, 0.2) is 205 Å². The van der Waals surface area contributed by atoms with Crippen molar-refractivity contribution in [2.24, 2.45) is 0 Å². The summed E-state index contributed by atoms with van der Waals surface area (Å²) in [4.78, 5) is 15.8. The molecule has 0 fully saturated rings. The van der Waals surface area contributed by atoms with E-state index in [0.29, 0.717) is 17.6 Å². The molecule has 14 rings (SSSR count). The van der Waals surface area contributed by atoms with Gasteiger partial charge in [0.15, 0.2) is 11.6 Å². The largest absolute Gasteiger partial charge is 0.456 e. The maximum absolute atomic E-state index is 6.62. The number of nitrogens with zero attached hydrogens (tertiary/aromatic N) is 5. The normalized spacial score (nSPS) is 12.1. The number of aromatic nitrogens is 5. The molecule has 298 valence electrons. The molecule has 0 N–H and O–H groups in total. The quantitative estimate of drug-likeness (QED) is 0.173. The molecule has 5 aromatic heterocycles. The summed E-state index contributed by atoms with van der Waals surface area (Å²) in [5.74, 6) is 1.80. The Morgan fingerprint density at radius 1 is 0.359 bits per heavy atom. The van der Waals surface area contributed by atoms with Gasteiger partial charge in [0.2, 0.25) is 5.95 Å². The Bertz CT molecular complexity index is 4200. The van der Waals surface area contributed by atoms with E-state index in [-0.39, 0.29) is 0 Å². The molecular formula is C57H33N5OS. The molecule has 6 nitrogen and oxygen atoms in total. The highest BCUT2D eigenvalue weighted by atomic mass is 32.1. The molecule has 14 aromatic rings. The van der Waals surface area contributed by atoms with Gasteiger partial charge in [-0.25, -0.2) is 4.98 Å². The number of para-hydroxylation sites is 2. The molecule has 9 aromatic carbocycles. The Labute approximate surface area is 369 Å². The lowest BCUT2D eigenvalue weighted by molar-refractivity contribution is 0.669. The van der Waals surface area contributed by atoms with Gasteiger partial charge in [0.05, 0.1) is 33.1 Å². The highest BCUT2D eigenvalue weighted by Gasteiger charge is 2.25. The molecule has 0 aliphatic heterocycles. The molecule has 0 aliphatic carbocycles. The van der Waals surface area contributed by atoms with Crippen LogP contribution >= 0.6 is 11.3 Å². The average Bonchev–Trinajstić information content (AvgIpc) is 4.11. The minimum atomic E-state index is 0.560. The first-order chi connectivity index (χ1) is 31.7. The van der Waals surface area contributed by atoms with Gasteiger partial charge in [0, 0.05) is 58.2 Å². The van der Waals surface area contributed by atoms with E-state index in [4.69, 9.17) is 19.4 Å². The average molecular weight is 836 g/mol. The SMILES string of the molecule is c1ccc(-c2ccc3oc4cccc(-n5c6ccccc6c6ccc7c(c8ccccc8n7-c7nc(-c8ccccc8)nc(-c8ccc9c(c8)sc8ccccc89)n7)c65)c4c3c2)cc1. The maximum Gasteiger partial charge on any atom is 0.238 e. The molecule has 0 unspecified atom stereocenters. The summed E-state index contributed by atoms with van der Waals surface area (Å²) in [6.45, 7) is 0. The predicted octanol–water partition coefficient (Wildman–Crippen LogP) is 15.3. The van der Waals surface area contributed by atoms with Crippen LogP contribution in [-0.2, 0) is 0 Å². The third-order valence-electron chi connectivity index (χ3n) is 12.8. The Balaban J connectivity index is 1.06. The van der Waals surface area contributed by atoms with Gasteiger partial charge in [-0.3, -0.25) is 4.57 Å². The Morgan fingerprint density at radius 3 is 1.84 bits per heavy atom. The van der Waals surface area contributed by atoms with Gasteiger partial charge < -0.3 is 8.98 Å². The molecule has 0 aliphatic rings. The third kappa shape index (κ3) is 5.16. The van der Waals surface area contributed by atoms with E-state index < -0.39 is 0 Å². The molecule has 0 saturated heterocycles. The second-order valence-electron chi connectivity index (χ2n) is 16.3. The van der Waals surface area contributed by atoms with Crippen LogP contribution in [0.1, 0.15) is 0 Å². The van der Waals surface area contributed by atoms with E-state index in [0.717, 1.165) is 77.2 Å². The second kappa shape index (κ2) is 13.6. The molecule has 5 heterocycles. The molecule has 0 saturated carbocycles. The zero-order valence-electron chi connectivity index (χ0n) is 34.1. The van der Waals surface area contributed by atoms with E-state index in [1.54, 1.807) is 11.3 Å². The highest BCUT2D eigenvalue weighted by Crippen LogP contribution is 2.45. The van der Waals surface area contributed by atoms with E-state index in [1.165, 1.54) is 36.5 Å². The highest BCUT2D eigenvalue weighted by molar-refractivity contribution is 7.25. The molecule has 0 bridgehead atoms. The van der Waals surface area contributed by atoms with Crippen molar-refractivity contribution in [1.82, 2.24) is 24.1 Å². The van der Waals surface area contributed by atoms with Crippen LogP contribution in [0, 0.1) is 0 Å². The fourth-order valence-corrected chi connectivity index (χ4v) is 11.1. The van der Waals surface area contributed by atoms with Crippen LogP contribution in [0.25, 0.3) is 131 Å². The molecule has 0 radical (unpaired) electrons. The van der Waals surface area contributed by atoms with Crippen molar-refractivity contribution in [1.29, 1.82) is 0 Å². The number of benzene rings is 9. The van der Waals surface area contributed by atoms with Crippen LogP contribution in [0.5, 0.6) is 0 Å². The summed E-state index contributed by atoms with van der Waals surface area (Å²) >= 11 is 1.80. The number of hydrogen-bond acceptors (Lipinski definition) is 5. The fourth-order valence-electron chi connectivity index (χ4n) is 9.95.